The molecule has 1 atom stereocenters. The molecule has 0 aliphatic carbocycles. The Hall–Kier alpha value is -3.16. The number of nitrogens with two attached hydrogens (primary N) is 1. The molecule has 0 radical (unpaired) electrons. The van der Waals surface area contributed by atoms with Crippen molar-refractivity contribution in [2.75, 3.05) is 19.6 Å². The Morgan fingerprint density at radius 3 is 2.60 bits per heavy atom. The van der Waals surface area contributed by atoms with E-state index >= 15 is 0 Å². The van der Waals surface area contributed by atoms with E-state index in [1.54, 1.807) is 0 Å². The Balaban J connectivity index is 1.47. The van der Waals surface area contributed by atoms with E-state index in [4.69, 9.17) is 15.0 Å². The van der Waals surface area contributed by atoms with Crippen LogP contribution in [-0.2, 0) is 4.79 Å². The molecule has 3 N–H and O–H groups in total. The fourth-order valence-corrected chi connectivity index (χ4v) is 4.78. The van der Waals surface area contributed by atoms with Crippen LogP contribution in [-0.4, -0.2) is 41.0 Å². The van der Waals surface area contributed by atoms with Crippen molar-refractivity contribution >= 4 is 22.6 Å². The number of fused-ring (bicyclic) bond motifs is 1. The van der Waals surface area contributed by atoms with E-state index in [0.717, 1.165) is 54.0 Å². The average molecular weight is 477 g/mol. The summed E-state index contributed by atoms with van der Waals surface area (Å²) in [5, 5.41) is 0. The minimum atomic E-state index is -0.260. The SMILES string of the molecule is C=C(c1ccc2nc(-c3ccc(OC(C)(C)CN4CCCC4)cc3)oc2c1)C(CC)CC(=O)NN. The van der Waals surface area contributed by atoms with Crippen molar-refractivity contribution < 1.29 is 13.9 Å². The number of ether oxygens (including phenoxy) is 1. The van der Waals surface area contributed by atoms with Gasteiger partial charge in [-0.05, 0) is 99.7 Å². The Labute approximate surface area is 207 Å². The van der Waals surface area contributed by atoms with Gasteiger partial charge < -0.3 is 9.15 Å². The second-order valence-corrected chi connectivity index (χ2v) is 9.97. The van der Waals surface area contributed by atoms with Gasteiger partial charge in [-0.15, -0.1) is 0 Å². The van der Waals surface area contributed by atoms with Gasteiger partial charge in [0.05, 0.1) is 0 Å². The molecule has 1 amide bonds. The second kappa shape index (κ2) is 10.6. The fraction of sp³-hybridized carbons (Fsp3) is 0.429. The van der Waals surface area contributed by atoms with E-state index < -0.39 is 0 Å². The van der Waals surface area contributed by atoms with Crippen LogP contribution >= 0.6 is 0 Å². The number of hydrogen-bond acceptors (Lipinski definition) is 6. The molecular weight excluding hydrogens is 440 g/mol. The van der Waals surface area contributed by atoms with E-state index in [1.165, 1.54) is 12.8 Å². The maximum absolute atomic E-state index is 11.8. The lowest BCUT2D eigenvalue weighted by molar-refractivity contribution is -0.121. The van der Waals surface area contributed by atoms with Crippen LogP contribution < -0.4 is 16.0 Å². The fourth-order valence-electron chi connectivity index (χ4n) is 4.78. The predicted octanol–water partition coefficient (Wildman–Crippen LogP) is 5.17. The summed E-state index contributed by atoms with van der Waals surface area (Å²) in [4.78, 5) is 18.9. The molecule has 4 rings (SSSR count). The number of nitrogens with one attached hydrogen (secondary N) is 1. The van der Waals surface area contributed by atoms with Crippen LogP contribution in [0.5, 0.6) is 5.75 Å². The smallest absolute Gasteiger partial charge is 0.234 e. The van der Waals surface area contributed by atoms with Gasteiger partial charge in [0.2, 0.25) is 11.8 Å². The van der Waals surface area contributed by atoms with Gasteiger partial charge in [-0.1, -0.05) is 19.6 Å². The molecule has 1 aliphatic heterocycles. The first-order valence-electron chi connectivity index (χ1n) is 12.4. The summed E-state index contributed by atoms with van der Waals surface area (Å²) in [6.07, 6.45) is 3.63. The van der Waals surface area contributed by atoms with Crippen molar-refractivity contribution in [2.24, 2.45) is 11.8 Å². The second-order valence-electron chi connectivity index (χ2n) is 9.97. The monoisotopic (exact) mass is 476 g/mol. The summed E-state index contributed by atoms with van der Waals surface area (Å²) >= 11 is 0. The largest absolute Gasteiger partial charge is 0.487 e. The van der Waals surface area contributed by atoms with Gasteiger partial charge in [-0.2, -0.15) is 0 Å². The summed E-state index contributed by atoms with van der Waals surface area (Å²) in [7, 11) is 0. The number of likely N-dealkylation sites (tertiary alicyclic amines) is 1. The number of allylic oxidation sites excluding steroid dienone is 1. The number of rotatable bonds is 10. The van der Waals surface area contributed by atoms with Gasteiger partial charge in [0.1, 0.15) is 16.9 Å². The molecular formula is C28H36N4O3. The first-order valence-corrected chi connectivity index (χ1v) is 12.4. The lowest BCUT2D eigenvalue weighted by atomic mass is 9.89. The molecule has 1 fully saturated rings. The number of aromatic nitrogens is 1. The van der Waals surface area contributed by atoms with Crippen LogP contribution in [0, 0.1) is 5.92 Å². The first-order chi connectivity index (χ1) is 16.8. The highest BCUT2D eigenvalue weighted by atomic mass is 16.5. The quantitative estimate of drug-likeness (QED) is 0.238. The molecule has 3 aromatic rings. The normalized spacial score (nSPS) is 15.3. The maximum atomic E-state index is 11.8. The number of nitrogens with zero attached hydrogens (tertiary/aromatic N) is 2. The van der Waals surface area contributed by atoms with Gasteiger partial charge in [0, 0.05) is 18.5 Å². The number of hydrazine groups is 1. The van der Waals surface area contributed by atoms with E-state index in [9.17, 15) is 4.79 Å². The van der Waals surface area contributed by atoms with Gasteiger partial charge in [-0.3, -0.25) is 15.1 Å². The van der Waals surface area contributed by atoms with Crippen LogP contribution in [0.15, 0.2) is 53.5 Å². The van der Waals surface area contributed by atoms with Crippen LogP contribution in [0.4, 0.5) is 0 Å². The number of amides is 1. The number of benzene rings is 2. The lowest BCUT2D eigenvalue weighted by Crippen LogP contribution is -2.41. The molecule has 35 heavy (non-hydrogen) atoms. The lowest BCUT2D eigenvalue weighted by Gasteiger charge is -2.31. The highest BCUT2D eigenvalue weighted by Crippen LogP contribution is 2.32. The van der Waals surface area contributed by atoms with Crippen molar-refractivity contribution in [1.29, 1.82) is 0 Å². The van der Waals surface area contributed by atoms with E-state index in [1.807, 2.05) is 49.4 Å². The third-order valence-corrected chi connectivity index (χ3v) is 6.64. The summed E-state index contributed by atoms with van der Waals surface area (Å²) in [6.45, 7) is 13.8. The molecule has 186 valence electrons. The minimum absolute atomic E-state index is 0.000607. The Morgan fingerprint density at radius 2 is 1.94 bits per heavy atom. The molecule has 1 aromatic heterocycles. The highest BCUT2D eigenvalue weighted by Gasteiger charge is 2.25. The van der Waals surface area contributed by atoms with E-state index in [0.29, 0.717) is 17.9 Å². The summed E-state index contributed by atoms with van der Waals surface area (Å²) in [6, 6.07) is 13.7. The Bertz CT molecular complexity index is 1180. The van der Waals surface area contributed by atoms with Crippen molar-refractivity contribution in [3.05, 3.63) is 54.6 Å². The number of carbonyl (C=O) groups is 1. The molecule has 0 spiro atoms. The van der Waals surface area contributed by atoms with Crippen molar-refractivity contribution in [1.82, 2.24) is 15.3 Å². The third-order valence-electron chi connectivity index (χ3n) is 6.64. The molecule has 1 saturated heterocycles. The molecule has 2 aromatic carbocycles. The van der Waals surface area contributed by atoms with Crippen LogP contribution in [0.3, 0.4) is 0 Å². The van der Waals surface area contributed by atoms with Crippen molar-refractivity contribution in [3.8, 4) is 17.2 Å². The standard InChI is InChI=1S/C28H36N4O3/c1-5-20(17-26(33)31-29)19(2)22-10-13-24-25(16-22)34-27(30-24)21-8-11-23(12-9-21)35-28(3,4)18-32-14-6-7-15-32/h8-13,16,20H,2,5-7,14-15,17-18,29H2,1,3-4H3,(H,31,33). The summed E-state index contributed by atoms with van der Waals surface area (Å²) < 4.78 is 12.4. The zero-order chi connectivity index (χ0) is 25.0. The van der Waals surface area contributed by atoms with Gasteiger partial charge >= 0.3 is 0 Å². The number of hydrogen-bond donors (Lipinski definition) is 2. The van der Waals surface area contributed by atoms with Gasteiger partial charge in [-0.25, -0.2) is 10.8 Å². The number of oxazole rings is 1. The van der Waals surface area contributed by atoms with Crippen LogP contribution in [0.25, 0.3) is 28.1 Å². The number of carbonyl (C=O) groups excluding carboxylic acids is 1. The maximum Gasteiger partial charge on any atom is 0.234 e. The summed E-state index contributed by atoms with van der Waals surface area (Å²) in [5.74, 6) is 6.44. The minimum Gasteiger partial charge on any atom is -0.487 e. The van der Waals surface area contributed by atoms with Gasteiger partial charge in [0.25, 0.3) is 0 Å². The summed E-state index contributed by atoms with van der Waals surface area (Å²) in [5.41, 5.74) is 6.10. The first kappa shape index (κ1) is 24.9. The molecule has 0 bridgehead atoms. The predicted molar refractivity (Wildman–Crippen MR) is 140 cm³/mol. The van der Waals surface area contributed by atoms with Crippen molar-refractivity contribution in [3.63, 3.8) is 0 Å². The molecule has 7 heteroatoms. The topological polar surface area (TPSA) is 93.6 Å². The molecule has 7 nitrogen and oxygen atoms in total. The average Bonchev–Trinajstić information content (AvgIpc) is 3.50. The molecule has 2 heterocycles. The zero-order valence-electron chi connectivity index (χ0n) is 21.0. The molecule has 1 aliphatic rings. The van der Waals surface area contributed by atoms with Crippen LogP contribution in [0.2, 0.25) is 0 Å². The molecule has 1 unspecified atom stereocenters. The highest BCUT2D eigenvalue weighted by molar-refractivity contribution is 5.83. The van der Waals surface area contributed by atoms with E-state index in [-0.39, 0.29) is 17.4 Å². The van der Waals surface area contributed by atoms with Crippen molar-refractivity contribution in [2.45, 2.75) is 52.1 Å². The third kappa shape index (κ3) is 6.10. The van der Waals surface area contributed by atoms with Gasteiger partial charge in [0.15, 0.2) is 5.58 Å². The van der Waals surface area contributed by atoms with E-state index in [2.05, 4.69) is 35.7 Å². The zero-order valence-corrected chi connectivity index (χ0v) is 21.0. The Kier molecular flexibility index (Phi) is 7.57. The Morgan fingerprint density at radius 1 is 1.23 bits per heavy atom. The van der Waals surface area contributed by atoms with Crippen LogP contribution in [0.1, 0.15) is 52.0 Å². The molecule has 0 saturated carbocycles.